The molecule has 1 atom stereocenters. The van der Waals surface area contributed by atoms with Crippen LogP contribution in [0.4, 0.5) is 0 Å². The molecule has 1 saturated carbocycles. The maximum absolute atomic E-state index is 4.37. The second kappa shape index (κ2) is 9.67. The van der Waals surface area contributed by atoms with Crippen molar-refractivity contribution < 1.29 is 0 Å². The van der Waals surface area contributed by atoms with Crippen LogP contribution in [0.15, 0.2) is 11.2 Å². The minimum absolute atomic E-state index is 0. The van der Waals surface area contributed by atoms with Gasteiger partial charge in [-0.25, -0.2) is 4.98 Å². The number of thiazole rings is 1. The lowest BCUT2D eigenvalue weighted by Gasteiger charge is -2.25. The Balaban J connectivity index is 0.00000242. The molecule has 0 aromatic carbocycles. The van der Waals surface area contributed by atoms with Crippen molar-refractivity contribution >= 4 is 41.3 Å². The van der Waals surface area contributed by atoms with Crippen LogP contribution in [0.3, 0.4) is 0 Å². The fraction of sp³-hybridized carbons (Fsp3) is 0.733. The summed E-state index contributed by atoms with van der Waals surface area (Å²) in [4.78, 5) is 12.4. The van der Waals surface area contributed by atoms with E-state index in [0.717, 1.165) is 31.5 Å². The van der Waals surface area contributed by atoms with Gasteiger partial charge in [0, 0.05) is 49.7 Å². The third-order valence-corrected chi connectivity index (χ3v) is 4.88. The number of hydrogen-bond donors (Lipinski definition) is 2. The minimum atomic E-state index is 0. The summed E-state index contributed by atoms with van der Waals surface area (Å²) in [7, 11) is 4.03. The zero-order valence-electron chi connectivity index (χ0n) is 13.9. The summed E-state index contributed by atoms with van der Waals surface area (Å²) in [5, 5.41) is 7.94. The summed E-state index contributed by atoms with van der Waals surface area (Å²) in [5.41, 5.74) is 0. The number of nitrogens with one attached hydrogen (secondary N) is 2. The fourth-order valence-electron chi connectivity index (χ4n) is 2.26. The van der Waals surface area contributed by atoms with Crippen molar-refractivity contribution in [2.75, 3.05) is 27.2 Å². The van der Waals surface area contributed by atoms with Gasteiger partial charge in [0.25, 0.3) is 0 Å². The first-order valence-electron chi connectivity index (χ1n) is 7.68. The zero-order valence-corrected chi connectivity index (χ0v) is 17.1. The first kappa shape index (κ1) is 19.6. The number of aromatic nitrogens is 1. The zero-order chi connectivity index (χ0) is 15.2. The van der Waals surface area contributed by atoms with Gasteiger partial charge in [0.1, 0.15) is 0 Å². The molecule has 0 amide bonds. The lowest BCUT2D eigenvalue weighted by Crippen LogP contribution is -2.45. The molecular formula is C15H28IN5S. The second-order valence-electron chi connectivity index (χ2n) is 5.74. The molecule has 1 aromatic rings. The molecule has 0 bridgehead atoms. The lowest BCUT2D eigenvalue weighted by molar-refractivity contribution is 0.247. The monoisotopic (exact) mass is 437 g/mol. The van der Waals surface area contributed by atoms with Gasteiger partial charge in [-0.05, 0) is 33.7 Å². The average molecular weight is 437 g/mol. The number of rotatable bonds is 7. The van der Waals surface area contributed by atoms with E-state index in [-0.39, 0.29) is 24.0 Å². The summed E-state index contributed by atoms with van der Waals surface area (Å²) in [6.45, 7) is 6.13. The van der Waals surface area contributed by atoms with Gasteiger partial charge in [0.05, 0.1) is 5.01 Å². The van der Waals surface area contributed by atoms with E-state index in [1.54, 1.807) is 11.3 Å². The lowest BCUT2D eigenvalue weighted by atomic mass is 10.3. The Bertz CT molecular complexity index is 472. The molecule has 0 saturated heterocycles. The number of aliphatic imine (C=N–C) groups is 1. The largest absolute Gasteiger partial charge is 0.356 e. The third kappa shape index (κ3) is 6.37. The Morgan fingerprint density at radius 1 is 1.50 bits per heavy atom. The maximum Gasteiger partial charge on any atom is 0.191 e. The Kier molecular flexibility index (Phi) is 8.63. The van der Waals surface area contributed by atoms with Gasteiger partial charge in [-0.3, -0.25) is 9.89 Å². The van der Waals surface area contributed by atoms with Crippen LogP contribution in [0.25, 0.3) is 0 Å². The van der Waals surface area contributed by atoms with E-state index in [4.69, 9.17) is 0 Å². The van der Waals surface area contributed by atoms with E-state index in [0.29, 0.717) is 6.04 Å². The number of likely N-dealkylation sites (N-methyl/N-ethyl adjacent to an activating group) is 1. The van der Waals surface area contributed by atoms with Crippen molar-refractivity contribution in [1.29, 1.82) is 0 Å². The average Bonchev–Trinajstić information content (AvgIpc) is 3.24. The Hall–Kier alpha value is -0.410. The van der Waals surface area contributed by atoms with E-state index in [1.807, 2.05) is 13.2 Å². The van der Waals surface area contributed by atoms with Gasteiger partial charge < -0.3 is 10.6 Å². The van der Waals surface area contributed by atoms with E-state index in [9.17, 15) is 0 Å². The first-order valence-corrected chi connectivity index (χ1v) is 8.49. The molecule has 2 rings (SSSR count). The van der Waals surface area contributed by atoms with Crippen molar-refractivity contribution in [2.24, 2.45) is 4.99 Å². The van der Waals surface area contributed by atoms with Gasteiger partial charge in [0.2, 0.25) is 0 Å². The smallest absolute Gasteiger partial charge is 0.191 e. The number of guanidine groups is 1. The number of hydrogen-bond acceptors (Lipinski definition) is 4. The van der Waals surface area contributed by atoms with E-state index < -0.39 is 0 Å². The van der Waals surface area contributed by atoms with Gasteiger partial charge in [-0.15, -0.1) is 35.3 Å². The second-order valence-corrected chi connectivity index (χ2v) is 7.06. The highest BCUT2D eigenvalue weighted by Crippen LogP contribution is 2.26. The Morgan fingerprint density at radius 2 is 2.23 bits per heavy atom. The highest BCUT2D eigenvalue weighted by molar-refractivity contribution is 14.0. The van der Waals surface area contributed by atoms with Crippen LogP contribution in [0, 0.1) is 6.92 Å². The summed E-state index contributed by atoms with van der Waals surface area (Å²) >= 11 is 1.76. The van der Waals surface area contributed by atoms with Crippen LogP contribution in [-0.2, 0) is 6.42 Å². The SMILES string of the molecule is CN=C(NCCc1ncc(C)s1)NCC(C)N(C)C1CC1.I. The Labute approximate surface area is 155 Å². The van der Waals surface area contributed by atoms with E-state index >= 15 is 0 Å². The molecule has 22 heavy (non-hydrogen) atoms. The van der Waals surface area contributed by atoms with E-state index in [2.05, 4.69) is 46.4 Å². The molecule has 1 heterocycles. The Morgan fingerprint density at radius 3 is 2.77 bits per heavy atom. The maximum atomic E-state index is 4.37. The number of nitrogens with zero attached hydrogens (tertiary/aromatic N) is 3. The van der Waals surface area contributed by atoms with Gasteiger partial charge >= 0.3 is 0 Å². The normalized spacial score (nSPS) is 16.3. The van der Waals surface area contributed by atoms with Gasteiger partial charge in [-0.1, -0.05) is 0 Å². The summed E-state index contributed by atoms with van der Waals surface area (Å²) in [6, 6.07) is 1.32. The van der Waals surface area contributed by atoms with Crippen molar-refractivity contribution in [3.05, 3.63) is 16.1 Å². The van der Waals surface area contributed by atoms with Crippen LogP contribution in [0.5, 0.6) is 0 Å². The third-order valence-electron chi connectivity index (χ3n) is 3.91. The van der Waals surface area contributed by atoms with E-state index in [1.165, 1.54) is 22.7 Å². The van der Waals surface area contributed by atoms with Crippen LogP contribution in [0.2, 0.25) is 0 Å². The molecule has 7 heteroatoms. The molecule has 1 aliphatic rings. The standard InChI is InChI=1S/C15H27N5S.HI/c1-11(20(4)13-5-6-13)9-19-15(16-3)17-8-7-14-18-10-12(2)21-14;/h10-11,13H,5-9H2,1-4H3,(H2,16,17,19);1H. The molecule has 1 aromatic heterocycles. The molecule has 2 N–H and O–H groups in total. The van der Waals surface area contributed by atoms with Crippen LogP contribution >= 0.6 is 35.3 Å². The molecule has 1 aliphatic carbocycles. The predicted octanol–water partition coefficient (Wildman–Crippen LogP) is 2.26. The topological polar surface area (TPSA) is 52.6 Å². The molecule has 5 nitrogen and oxygen atoms in total. The highest BCUT2D eigenvalue weighted by atomic mass is 127. The molecule has 126 valence electrons. The number of aryl methyl sites for hydroxylation is 1. The quantitative estimate of drug-likeness (QED) is 0.391. The van der Waals surface area contributed by atoms with Crippen molar-refractivity contribution in [1.82, 2.24) is 20.5 Å². The van der Waals surface area contributed by atoms with Gasteiger partial charge in [0.15, 0.2) is 5.96 Å². The molecule has 0 spiro atoms. The predicted molar refractivity (Wildman–Crippen MR) is 106 cm³/mol. The van der Waals surface area contributed by atoms with Crippen LogP contribution < -0.4 is 10.6 Å². The van der Waals surface area contributed by atoms with Crippen LogP contribution in [0.1, 0.15) is 29.7 Å². The molecule has 0 aliphatic heterocycles. The molecular weight excluding hydrogens is 409 g/mol. The van der Waals surface area contributed by atoms with Gasteiger partial charge in [-0.2, -0.15) is 0 Å². The van der Waals surface area contributed by atoms with Crippen molar-refractivity contribution in [3.63, 3.8) is 0 Å². The first-order chi connectivity index (χ1) is 10.1. The fourth-order valence-corrected chi connectivity index (χ4v) is 3.04. The van der Waals surface area contributed by atoms with Crippen molar-refractivity contribution in [3.8, 4) is 0 Å². The summed E-state index contributed by atoms with van der Waals surface area (Å²) in [6.07, 6.45) is 5.57. The molecule has 1 unspecified atom stereocenters. The van der Waals surface area contributed by atoms with Crippen LogP contribution in [-0.4, -0.2) is 55.1 Å². The summed E-state index contributed by atoms with van der Waals surface area (Å²) in [5.74, 6) is 0.874. The molecule has 1 fully saturated rings. The van der Waals surface area contributed by atoms with Crippen molar-refractivity contribution in [2.45, 2.75) is 45.2 Å². The minimum Gasteiger partial charge on any atom is -0.356 e. The molecule has 0 radical (unpaired) electrons. The highest BCUT2D eigenvalue weighted by Gasteiger charge is 2.28. The summed E-state index contributed by atoms with van der Waals surface area (Å²) < 4.78 is 0. The number of halogens is 1.